The van der Waals surface area contributed by atoms with Crippen LogP contribution >= 0.6 is 0 Å². The molecule has 0 saturated carbocycles. The Labute approximate surface area is 109 Å². The number of carboxylic acid groups (broad SMARTS) is 2. The molecule has 7 heteroatoms. The third-order valence-electron chi connectivity index (χ3n) is 2.05. The third kappa shape index (κ3) is 8.58. The smallest absolute Gasteiger partial charge is 0.303 e. The van der Waals surface area contributed by atoms with Crippen molar-refractivity contribution in [3.63, 3.8) is 0 Å². The van der Waals surface area contributed by atoms with Crippen molar-refractivity contribution in [3.8, 4) is 5.75 Å². The molecule has 0 aliphatic carbocycles. The number of hydrogen-bond acceptors (Lipinski definition) is 5. The molecule has 1 aromatic rings. The Morgan fingerprint density at radius 3 is 1.79 bits per heavy atom. The predicted octanol–water partition coefficient (Wildman–Crippen LogP) is 0.320. The van der Waals surface area contributed by atoms with Crippen molar-refractivity contribution >= 4 is 11.9 Å². The van der Waals surface area contributed by atoms with Gasteiger partial charge in [0, 0.05) is 6.54 Å². The monoisotopic (exact) mass is 271 g/mol. The zero-order valence-electron chi connectivity index (χ0n) is 10.2. The second-order valence-corrected chi connectivity index (χ2v) is 3.63. The van der Waals surface area contributed by atoms with Crippen molar-refractivity contribution in [2.24, 2.45) is 5.73 Å². The lowest BCUT2D eigenvalue weighted by Crippen LogP contribution is -2.10. The Morgan fingerprint density at radius 1 is 1.05 bits per heavy atom. The molecule has 0 aromatic heterocycles. The summed E-state index contributed by atoms with van der Waals surface area (Å²) in [6.45, 7) is 0.199. The fraction of sp³-hybridized carbons (Fsp3) is 0.333. The minimum atomic E-state index is -1.08. The van der Waals surface area contributed by atoms with Crippen molar-refractivity contribution in [2.75, 3.05) is 6.54 Å². The first-order valence-corrected chi connectivity index (χ1v) is 5.47. The summed E-state index contributed by atoms with van der Waals surface area (Å²) in [5.41, 5.74) is 5.96. The number of aliphatic hydroxyl groups is 1. The Balaban J connectivity index is 0.000000362. The average Bonchev–Trinajstić information content (AvgIpc) is 2.37. The molecule has 0 bridgehead atoms. The van der Waals surface area contributed by atoms with Crippen LogP contribution in [0.3, 0.4) is 0 Å². The number of carbonyl (C=O) groups is 2. The van der Waals surface area contributed by atoms with Crippen molar-refractivity contribution < 1.29 is 30.0 Å². The number of aliphatic hydroxyl groups excluding tert-OH is 1. The number of nitrogens with two attached hydrogens (primary N) is 1. The third-order valence-corrected chi connectivity index (χ3v) is 2.05. The van der Waals surface area contributed by atoms with Gasteiger partial charge in [-0.05, 0) is 17.7 Å². The van der Waals surface area contributed by atoms with Crippen LogP contribution in [-0.4, -0.2) is 38.9 Å². The second kappa shape index (κ2) is 8.90. The predicted molar refractivity (Wildman–Crippen MR) is 66.6 cm³/mol. The molecule has 6 N–H and O–H groups in total. The lowest BCUT2D eigenvalue weighted by Gasteiger charge is -2.06. The van der Waals surface area contributed by atoms with E-state index in [-0.39, 0.29) is 25.1 Å². The van der Waals surface area contributed by atoms with E-state index in [0.717, 1.165) is 5.56 Å². The fourth-order valence-electron chi connectivity index (χ4n) is 1.05. The van der Waals surface area contributed by atoms with E-state index in [1.807, 2.05) is 0 Å². The van der Waals surface area contributed by atoms with Gasteiger partial charge in [0.15, 0.2) is 0 Å². The van der Waals surface area contributed by atoms with Crippen molar-refractivity contribution in [1.82, 2.24) is 0 Å². The van der Waals surface area contributed by atoms with Gasteiger partial charge in [0.1, 0.15) is 5.75 Å². The van der Waals surface area contributed by atoms with Gasteiger partial charge in [0.05, 0.1) is 18.9 Å². The van der Waals surface area contributed by atoms with E-state index >= 15 is 0 Å². The minimum Gasteiger partial charge on any atom is -0.508 e. The molecule has 106 valence electrons. The number of hydrogen-bond donors (Lipinski definition) is 5. The summed E-state index contributed by atoms with van der Waals surface area (Å²) in [7, 11) is 0. The largest absolute Gasteiger partial charge is 0.508 e. The van der Waals surface area contributed by atoms with Crippen LogP contribution in [0.25, 0.3) is 0 Å². The van der Waals surface area contributed by atoms with Gasteiger partial charge in [0.25, 0.3) is 0 Å². The number of aromatic hydroxyl groups is 1. The van der Waals surface area contributed by atoms with Crippen LogP contribution in [0.5, 0.6) is 5.75 Å². The van der Waals surface area contributed by atoms with E-state index in [1.54, 1.807) is 12.1 Å². The molecule has 1 atom stereocenters. The highest BCUT2D eigenvalue weighted by Gasteiger charge is 2.03. The molecule has 0 fully saturated rings. The minimum absolute atomic E-state index is 0.193. The standard InChI is InChI=1S/C8H11NO2.C4H6O4/c9-5-8(11)6-1-3-7(10)4-2-6;5-3(6)1-2-4(7)8/h1-4,8,10-11H,5,9H2;1-2H2,(H,5,6)(H,7,8). The highest BCUT2D eigenvalue weighted by atomic mass is 16.4. The first-order chi connectivity index (χ1) is 8.86. The van der Waals surface area contributed by atoms with Crippen LogP contribution in [0.2, 0.25) is 0 Å². The van der Waals surface area contributed by atoms with Crippen LogP contribution in [0.15, 0.2) is 24.3 Å². The molecule has 0 amide bonds. The average molecular weight is 271 g/mol. The van der Waals surface area contributed by atoms with Crippen molar-refractivity contribution in [3.05, 3.63) is 29.8 Å². The van der Waals surface area contributed by atoms with Gasteiger partial charge in [-0.1, -0.05) is 12.1 Å². The zero-order chi connectivity index (χ0) is 14.8. The topological polar surface area (TPSA) is 141 Å². The van der Waals surface area contributed by atoms with Crippen molar-refractivity contribution in [1.29, 1.82) is 0 Å². The molecule has 19 heavy (non-hydrogen) atoms. The van der Waals surface area contributed by atoms with Gasteiger partial charge >= 0.3 is 11.9 Å². The number of rotatable bonds is 5. The van der Waals surface area contributed by atoms with E-state index < -0.39 is 18.0 Å². The summed E-state index contributed by atoms with van der Waals surface area (Å²) < 4.78 is 0. The van der Waals surface area contributed by atoms with E-state index in [9.17, 15) is 14.7 Å². The maximum absolute atomic E-state index is 9.64. The van der Waals surface area contributed by atoms with Crippen LogP contribution in [0.1, 0.15) is 24.5 Å². The highest BCUT2D eigenvalue weighted by Crippen LogP contribution is 2.15. The first-order valence-electron chi connectivity index (χ1n) is 5.47. The summed E-state index contributed by atoms with van der Waals surface area (Å²) in [6, 6.07) is 6.34. The Morgan fingerprint density at radius 2 is 1.47 bits per heavy atom. The first kappa shape index (κ1) is 16.9. The summed E-state index contributed by atoms with van der Waals surface area (Å²) >= 11 is 0. The van der Waals surface area contributed by atoms with E-state index in [1.165, 1.54) is 12.1 Å². The van der Waals surface area contributed by atoms with Gasteiger partial charge in [-0.15, -0.1) is 0 Å². The van der Waals surface area contributed by atoms with Gasteiger partial charge in [-0.25, -0.2) is 0 Å². The molecule has 0 spiro atoms. The van der Waals surface area contributed by atoms with E-state index in [0.29, 0.717) is 0 Å². The van der Waals surface area contributed by atoms with Gasteiger partial charge in [-0.3, -0.25) is 9.59 Å². The number of phenolic OH excluding ortho intramolecular Hbond substituents is 1. The number of carboxylic acids is 2. The number of phenols is 1. The molecule has 7 nitrogen and oxygen atoms in total. The van der Waals surface area contributed by atoms with E-state index in [2.05, 4.69) is 0 Å². The van der Waals surface area contributed by atoms with Crippen LogP contribution in [0.4, 0.5) is 0 Å². The normalized spacial score (nSPS) is 11.1. The van der Waals surface area contributed by atoms with Crippen LogP contribution < -0.4 is 5.73 Å². The van der Waals surface area contributed by atoms with Crippen LogP contribution in [-0.2, 0) is 9.59 Å². The molecule has 1 unspecified atom stereocenters. The molecule has 0 saturated heterocycles. The summed E-state index contributed by atoms with van der Waals surface area (Å²) in [6.07, 6.45) is -1.22. The molecular formula is C12H17NO6. The molecule has 0 aliphatic rings. The zero-order valence-corrected chi connectivity index (χ0v) is 10.2. The van der Waals surface area contributed by atoms with Crippen molar-refractivity contribution in [2.45, 2.75) is 18.9 Å². The molecule has 1 aromatic carbocycles. The van der Waals surface area contributed by atoms with Gasteiger partial charge in [-0.2, -0.15) is 0 Å². The maximum atomic E-state index is 9.64. The Hall–Kier alpha value is -2.12. The number of aliphatic carboxylic acids is 2. The lowest BCUT2D eigenvalue weighted by atomic mass is 10.1. The second-order valence-electron chi connectivity index (χ2n) is 3.63. The quantitative estimate of drug-likeness (QED) is 0.519. The Bertz CT molecular complexity index is 389. The highest BCUT2D eigenvalue weighted by molar-refractivity contribution is 5.75. The number of benzene rings is 1. The summed E-state index contributed by atoms with van der Waals surface area (Å²) in [5.74, 6) is -1.96. The molecule has 0 radical (unpaired) electrons. The van der Waals surface area contributed by atoms with Crippen LogP contribution in [0, 0.1) is 0 Å². The molecular weight excluding hydrogens is 254 g/mol. The van der Waals surface area contributed by atoms with E-state index in [4.69, 9.17) is 21.1 Å². The fourth-order valence-corrected chi connectivity index (χ4v) is 1.05. The molecule has 1 rings (SSSR count). The lowest BCUT2D eigenvalue weighted by molar-refractivity contribution is -0.143. The molecule has 0 heterocycles. The summed E-state index contributed by atoms with van der Waals surface area (Å²) in [4.78, 5) is 19.3. The van der Waals surface area contributed by atoms with Gasteiger partial charge in [0.2, 0.25) is 0 Å². The van der Waals surface area contributed by atoms with Gasteiger partial charge < -0.3 is 26.2 Å². The Kier molecular flexibility index (Phi) is 7.90. The SMILES string of the molecule is NCC(O)c1ccc(O)cc1.O=C(O)CCC(=O)O. The summed E-state index contributed by atoms with van der Waals surface area (Å²) in [5, 5.41) is 33.9. The maximum Gasteiger partial charge on any atom is 0.303 e. The molecule has 0 aliphatic heterocycles.